The lowest BCUT2D eigenvalue weighted by Crippen LogP contribution is -2.47. The van der Waals surface area contributed by atoms with Gasteiger partial charge in [-0.1, -0.05) is 0 Å². The minimum atomic E-state index is -3.63. The molecule has 1 aliphatic rings. The molecule has 1 fully saturated rings. The molecule has 1 aliphatic heterocycles. The van der Waals surface area contributed by atoms with Gasteiger partial charge in [-0.2, -0.15) is 0 Å². The van der Waals surface area contributed by atoms with Gasteiger partial charge < -0.3 is 4.90 Å². The first-order valence-corrected chi connectivity index (χ1v) is 9.51. The molecule has 1 atom stereocenters. The van der Waals surface area contributed by atoms with Crippen LogP contribution < -0.4 is 10.0 Å². The van der Waals surface area contributed by atoms with Gasteiger partial charge in [0.2, 0.25) is 10.0 Å². The number of hydrogen-bond acceptors (Lipinski definition) is 5. The zero-order chi connectivity index (χ0) is 17.2. The molecule has 1 aromatic heterocycles. The van der Waals surface area contributed by atoms with Crippen molar-refractivity contribution in [1.82, 2.24) is 9.88 Å². The van der Waals surface area contributed by atoms with Crippen LogP contribution >= 0.6 is 0 Å². The van der Waals surface area contributed by atoms with E-state index in [1.165, 1.54) is 5.56 Å². The number of pyridine rings is 1. The number of anilines is 1. The fourth-order valence-electron chi connectivity index (χ4n) is 3.07. The molecule has 2 N–H and O–H groups in total. The van der Waals surface area contributed by atoms with Gasteiger partial charge in [0.1, 0.15) is 0 Å². The first-order chi connectivity index (χ1) is 11.4. The maximum Gasteiger partial charge on any atom is 0.238 e. The third-order valence-corrected chi connectivity index (χ3v) is 5.51. The van der Waals surface area contributed by atoms with Crippen molar-refractivity contribution in [3.63, 3.8) is 0 Å². The fraction of sp³-hybridized carbons (Fsp3) is 0.353. The number of nitrogens with zero attached hydrogens (tertiary/aromatic N) is 3. The second-order valence-corrected chi connectivity index (χ2v) is 7.58. The highest BCUT2D eigenvalue weighted by molar-refractivity contribution is 7.89. The lowest BCUT2D eigenvalue weighted by molar-refractivity contribution is 0.198. The predicted octanol–water partition coefficient (Wildman–Crippen LogP) is 1.61. The number of nitrogens with two attached hydrogens (primary N) is 1. The van der Waals surface area contributed by atoms with Gasteiger partial charge >= 0.3 is 0 Å². The number of benzene rings is 1. The quantitative estimate of drug-likeness (QED) is 0.910. The van der Waals surface area contributed by atoms with Crippen molar-refractivity contribution >= 4 is 15.7 Å². The molecule has 24 heavy (non-hydrogen) atoms. The van der Waals surface area contributed by atoms with E-state index in [-0.39, 0.29) is 4.90 Å². The van der Waals surface area contributed by atoms with Crippen molar-refractivity contribution in [1.29, 1.82) is 0 Å². The molecule has 0 amide bonds. The second-order valence-electron chi connectivity index (χ2n) is 6.02. The highest BCUT2D eigenvalue weighted by Gasteiger charge is 2.22. The Bertz CT molecular complexity index is 770. The average molecular weight is 346 g/mol. The van der Waals surface area contributed by atoms with E-state index in [1.54, 1.807) is 12.1 Å². The Morgan fingerprint density at radius 1 is 1.00 bits per heavy atom. The highest BCUT2D eigenvalue weighted by Crippen LogP contribution is 2.24. The van der Waals surface area contributed by atoms with Crippen LogP contribution in [0.25, 0.3) is 0 Å². The summed E-state index contributed by atoms with van der Waals surface area (Å²) in [5.41, 5.74) is 2.30. The number of sulfonamides is 1. The maximum absolute atomic E-state index is 11.3. The van der Waals surface area contributed by atoms with Crippen LogP contribution in [0.3, 0.4) is 0 Å². The number of hydrogen-bond donors (Lipinski definition) is 1. The van der Waals surface area contributed by atoms with Crippen molar-refractivity contribution in [2.45, 2.75) is 17.9 Å². The molecule has 128 valence electrons. The van der Waals surface area contributed by atoms with Crippen molar-refractivity contribution in [3.05, 3.63) is 54.4 Å². The third-order valence-electron chi connectivity index (χ3n) is 4.58. The molecular formula is C17H22N4O2S. The summed E-state index contributed by atoms with van der Waals surface area (Å²) < 4.78 is 22.7. The first-order valence-electron chi connectivity index (χ1n) is 7.97. The van der Waals surface area contributed by atoms with Crippen LogP contribution in [-0.2, 0) is 10.0 Å². The average Bonchev–Trinajstić information content (AvgIpc) is 2.61. The lowest BCUT2D eigenvalue weighted by Gasteiger charge is -2.39. The second kappa shape index (κ2) is 6.88. The van der Waals surface area contributed by atoms with Gasteiger partial charge in [-0.15, -0.1) is 0 Å². The summed E-state index contributed by atoms with van der Waals surface area (Å²) in [5, 5.41) is 5.14. The van der Waals surface area contributed by atoms with Crippen LogP contribution in [0.4, 0.5) is 5.69 Å². The van der Waals surface area contributed by atoms with Crippen molar-refractivity contribution < 1.29 is 8.42 Å². The smallest absolute Gasteiger partial charge is 0.238 e. The zero-order valence-electron chi connectivity index (χ0n) is 13.7. The summed E-state index contributed by atoms with van der Waals surface area (Å²) >= 11 is 0. The van der Waals surface area contributed by atoms with Crippen LogP contribution in [0.5, 0.6) is 0 Å². The molecule has 0 spiro atoms. The summed E-state index contributed by atoms with van der Waals surface area (Å²) in [4.78, 5) is 8.94. The predicted molar refractivity (Wildman–Crippen MR) is 94.3 cm³/mol. The summed E-state index contributed by atoms with van der Waals surface area (Å²) in [6.07, 6.45) is 3.66. The highest BCUT2D eigenvalue weighted by atomic mass is 32.2. The Labute approximate surface area is 143 Å². The van der Waals surface area contributed by atoms with E-state index in [0.29, 0.717) is 6.04 Å². The summed E-state index contributed by atoms with van der Waals surface area (Å²) in [6.45, 7) is 5.95. The van der Waals surface area contributed by atoms with Crippen LogP contribution in [0.1, 0.15) is 18.5 Å². The number of piperazine rings is 1. The van der Waals surface area contributed by atoms with E-state index in [1.807, 2.05) is 24.5 Å². The topological polar surface area (TPSA) is 79.5 Å². The Morgan fingerprint density at radius 3 is 2.12 bits per heavy atom. The fourth-order valence-corrected chi connectivity index (χ4v) is 3.58. The monoisotopic (exact) mass is 346 g/mol. The molecule has 0 aliphatic carbocycles. The van der Waals surface area contributed by atoms with Gasteiger partial charge in [0.05, 0.1) is 4.90 Å². The molecule has 0 unspecified atom stereocenters. The third kappa shape index (κ3) is 3.75. The van der Waals surface area contributed by atoms with Crippen LogP contribution in [0, 0.1) is 0 Å². The van der Waals surface area contributed by atoms with E-state index in [4.69, 9.17) is 5.14 Å². The van der Waals surface area contributed by atoms with E-state index < -0.39 is 10.0 Å². The minimum absolute atomic E-state index is 0.149. The van der Waals surface area contributed by atoms with Crippen molar-refractivity contribution in [2.75, 3.05) is 31.1 Å². The standard InChI is InChI=1S/C17H22N4O2S/c1-14(15-6-8-19-9-7-15)20-10-12-21(13-11-20)16-2-4-17(5-3-16)24(18,22)23/h2-9,14H,10-13H2,1H3,(H2,18,22,23)/t14-/m1/s1. The Kier molecular flexibility index (Phi) is 4.84. The molecule has 0 saturated carbocycles. The molecule has 0 bridgehead atoms. The molecule has 1 saturated heterocycles. The maximum atomic E-state index is 11.3. The number of rotatable bonds is 4. The molecule has 0 radical (unpaired) electrons. The Morgan fingerprint density at radius 2 is 1.58 bits per heavy atom. The number of aromatic nitrogens is 1. The van der Waals surface area contributed by atoms with E-state index in [2.05, 4.69) is 33.8 Å². The van der Waals surface area contributed by atoms with Crippen LogP contribution in [0.15, 0.2) is 53.7 Å². The SMILES string of the molecule is C[C@H](c1ccncc1)N1CCN(c2ccc(S(N)(=O)=O)cc2)CC1. The summed E-state index contributed by atoms with van der Waals surface area (Å²) in [6, 6.07) is 11.3. The Balaban J connectivity index is 1.63. The van der Waals surface area contributed by atoms with Crippen molar-refractivity contribution in [2.24, 2.45) is 5.14 Å². The van der Waals surface area contributed by atoms with Gasteiger partial charge in [-0.05, 0) is 48.9 Å². The van der Waals surface area contributed by atoms with Gasteiger partial charge in [-0.3, -0.25) is 9.88 Å². The van der Waals surface area contributed by atoms with Gasteiger partial charge in [0.25, 0.3) is 0 Å². The Hall–Kier alpha value is -1.96. The molecule has 6 nitrogen and oxygen atoms in total. The van der Waals surface area contributed by atoms with E-state index in [0.717, 1.165) is 31.9 Å². The molecule has 1 aromatic carbocycles. The van der Waals surface area contributed by atoms with E-state index in [9.17, 15) is 8.42 Å². The van der Waals surface area contributed by atoms with E-state index >= 15 is 0 Å². The first kappa shape index (κ1) is 16.9. The van der Waals surface area contributed by atoms with Gasteiger partial charge in [0, 0.05) is 50.3 Å². The van der Waals surface area contributed by atoms with Crippen LogP contribution in [-0.4, -0.2) is 44.5 Å². The minimum Gasteiger partial charge on any atom is -0.369 e. The molecule has 3 rings (SSSR count). The normalized spacial score (nSPS) is 17.7. The summed E-state index contributed by atoms with van der Waals surface area (Å²) in [5.74, 6) is 0. The molecule has 7 heteroatoms. The van der Waals surface area contributed by atoms with Gasteiger partial charge in [0.15, 0.2) is 0 Å². The molecular weight excluding hydrogens is 324 g/mol. The lowest BCUT2D eigenvalue weighted by atomic mass is 10.1. The van der Waals surface area contributed by atoms with Crippen LogP contribution in [0.2, 0.25) is 0 Å². The summed E-state index contributed by atoms with van der Waals surface area (Å²) in [7, 11) is -3.63. The largest absolute Gasteiger partial charge is 0.369 e. The zero-order valence-corrected chi connectivity index (χ0v) is 14.5. The molecule has 2 heterocycles. The number of primary sulfonamides is 1. The molecule has 2 aromatic rings. The van der Waals surface area contributed by atoms with Crippen molar-refractivity contribution in [3.8, 4) is 0 Å². The van der Waals surface area contributed by atoms with Gasteiger partial charge in [-0.25, -0.2) is 13.6 Å².